The molecular formula is C17H15ClO2. The van der Waals surface area contributed by atoms with Gasteiger partial charge in [0.15, 0.2) is 0 Å². The van der Waals surface area contributed by atoms with Gasteiger partial charge in [-0.25, -0.2) is 0 Å². The predicted octanol–water partition coefficient (Wildman–Crippen LogP) is 3.57. The fourth-order valence-electron chi connectivity index (χ4n) is 1.75. The lowest BCUT2D eigenvalue weighted by Gasteiger charge is -2.08. The number of benzene rings is 2. The van der Waals surface area contributed by atoms with Crippen LogP contribution in [0.15, 0.2) is 42.5 Å². The van der Waals surface area contributed by atoms with E-state index in [-0.39, 0.29) is 6.61 Å². The summed E-state index contributed by atoms with van der Waals surface area (Å²) in [4.78, 5) is 0. The summed E-state index contributed by atoms with van der Waals surface area (Å²) in [5, 5.41) is 9.41. The first kappa shape index (κ1) is 14.5. The molecule has 0 saturated carbocycles. The number of hydrogen-bond donors (Lipinski definition) is 1. The summed E-state index contributed by atoms with van der Waals surface area (Å²) in [6, 6.07) is 13.3. The van der Waals surface area contributed by atoms with E-state index in [2.05, 4.69) is 11.8 Å². The zero-order valence-corrected chi connectivity index (χ0v) is 11.9. The lowest BCUT2D eigenvalue weighted by molar-refractivity contribution is 0.306. The molecule has 0 bridgehead atoms. The molecule has 0 heterocycles. The van der Waals surface area contributed by atoms with Crippen LogP contribution >= 0.6 is 11.6 Å². The first-order valence-corrected chi connectivity index (χ1v) is 6.64. The quantitative estimate of drug-likeness (QED) is 0.874. The minimum absolute atomic E-state index is 0.131. The lowest BCUT2D eigenvalue weighted by Crippen LogP contribution is -1.96. The third kappa shape index (κ3) is 4.03. The molecule has 0 aliphatic rings. The standard InChI is InChI=1S/C17H15ClO2/c1-13-11-17(9-6-15(13)3-2-10-19)20-12-14-4-7-16(18)8-5-14/h4-9,11,19H,10,12H2,1H3. The van der Waals surface area contributed by atoms with Crippen LogP contribution in [0, 0.1) is 18.8 Å². The molecule has 0 spiro atoms. The molecule has 1 N–H and O–H groups in total. The number of rotatable bonds is 3. The molecule has 0 radical (unpaired) electrons. The van der Waals surface area contributed by atoms with Crippen LogP contribution in [0.2, 0.25) is 5.02 Å². The summed E-state index contributed by atoms with van der Waals surface area (Å²) >= 11 is 5.84. The first-order chi connectivity index (χ1) is 9.69. The third-order valence-corrected chi connectivity index (χ3v) is 3.07. The van der Waals surface area contributed by atoms with Crippen molar-refractivity contribution in [2.45, 2.75) is 13.5 Å². The van der Waals surface area contributed by atoms with Gasteiger partial charge in [0.05, 0.1) is 0 Å². The monoisotopic (exact) mass is 286 g/mol. The summed E-state index contributed by atoms with van der Waals surface area (Å²) in [5.41, 5.74) is 2.99. The van der Waals surface area contributed by atoms with Crippen molar-refractivity contribution in [1.82, 2.24) is 0 Å². The maximum Gasteiger partial charge on any atom is 0.120 e. The van der Waals surface area contributed by atoms with Crippen LogP contribution in [0.3, 0.4) is 0 Å². The highest BCUT2D eigenvalue weighted by atomic mass is 35.5. The highest BCUT2D eigenvalue weighted by Crippen LogP contribution is 2.18. The number of aliphatic hydroxyl groups is 1. The van der Waals surface area contributed by atoms with Gasteiger partial charge in [-0.2, -0.15) is 0 Å². The maximum atomic E-state index is 8.70. The Hall–Kier alpha value is -1.95. The van der Waals surface area contributed by atoms with Crippen LogP contribution in [-0.2, 0) is 6.61 Å². The average Bonchev–Trinajstić information content (AvgIpc) is 2.46. The number of ether oxygens (including phenoxy) is 1. The van der Waals surface area contributed by atoms with Gasteiger partial charge in [-0.1, -0.05) is 35.6 Å². The van der Waals surface area contributed by atoms with Gasteiger partial charge >= 0.3 is 0 Å². The predicted molar refractivity (Wildman–Crippen MR) is 80.9 cm³/mol. The van der Waals surface area contributed by atoms with Crippen molar-refractivity contribution in [1.29, 1.82) is 0 Å². The fraction of sp³-hybridized carbons (Fsp3) is 0.176. The topological polar surface area (TPSA) is 29.5 Å². The summed E-state index contributed by atoms with van der Waals surface area (Å²) in [7, 11) is 0. The van der Waals surface area contributed by atoms with Gasteiger partial charge in [0.1, 0.15) is 19.0 Å². The fourth-order valence-corrected chi connectivity index (χ4v) is 1.87. The molecule has 2 aromatic carbocycles. The second-order valence-corrected chi connectivity index (χ2v) is 4.79. The Morgan fingerprint density at radius 1 is 1.15 bits per heavy atom. The molecule has 2 rings (SSSR count). The van der Waals surface area contributed by atoms with Crippen molar-refractivity contribution in [2.75, 3.05) is 6.61 Å². The molecule has 0 unspecified atom stereocenters. The molecule has 0 amide bonds. The SMILES string of the molecule is Cc1cc(OCc2ccc(Cl)cc2)ccc1C#CCO. The second kappa shape index (κ2) is 7.00. The van der Waals surface area contributed by atoms with Crippen molar-refractivity contribution in [3.63, 3.8) is 0 Å². The molecule has 102 valence electrons. The van der Waals surface area contributed by atoms with Gasteiger partial charge in [0.2, 0.25) is 0 Å². The maximum absolute atomic E-state index is 8.70. The van der Waals surface area contributed by atoms with Crippen LogP contribution in [0.25, 0.3) is 0 Å². The van der Waals surface area contributed by atoms with Crippen molar-refractivity contribution >= 4 is 11.6 Å². The number of aliphatic hydroxyl groups excluding tert-OH is 1. The average molecular weight is 287 g/mol. The molecule has 0 aliphatic carbocycles. The summed E-state index contributed by atoms with van der Waals surface area (Å²) in [6.45, 7) is 2.34. The second-order valence-electron chi connectivity index (χ2n) is 4.35. The first-order valence-electron chi connectivity index (χ1n) is 6.26. The zero-order valence-electron chi connectivity index (χ0n) is 11.2. The Morgan fingerprint density at radius 2 is 1.90 bits per heavy atom. The zero-order chi connectivity index (χ0) is 14.4. The number of hydrogen-bond acceptors (Lipinski definition) is 2. The minimum atomic E-state index is -0.131. The minimum Gasteiger partial charge on any atom is -0.489 e. The van der Waals surface area contributed by atoms with Gasteiger partial charge in [0, 0.05) is 10.6 Å². The molecular weight excluding hydrogens is 272 g/mol. The van der Waals surface area contributed by atoms with Gasteiger partial charge in [0.25, 0.3) is 0 Å². The molecule has 0 aromatic heterocycles. The van der Waals surface area contributed by atoms with Crippen LogP contribution < -0.4 is 4.74 Å². The third-order valence-electron chi connectivity index (χ3n) is 2.82. The van der Waals surface area contributed by atoms with Gasteiger partial charge in [-0.3, -0.25) is 0 Å². The van der Waals surface area contributed by atoms with Crippen molar-refractivity contribution in [3.8, 4) is 17.6 Å². The van der Waals surface area contributed by atoms with Crippen LogP contribution in [-0.4, -0.2) is 11.7 Å². The largest absolute Gasteiger partial charge is 0.489 e. The highest BCUT2D eigenvalue weighted by Gasteiger charge is 2.00. The Morgan fingerprint density at radius 3 is 2.55 bits per heavy atom. The van der Waals surface area contributed by atoms with Crippen molar-refractivity contribution in [3.05, 3.63) is 64.2 Å². The summed E-state index contributed by atoms with van der Waals surface area (Å²) < 4.78 is 5.73. The molecule has 2 nitrogen and oxygen atoms in total. The molecule has 3 heteroatoms. The Kier molecular flexibility index (Phi) is 5.06. The molecule has 0 aliphatic heterocycles. The Balaban J connectivity index is 2.03. The summed E-state index contributed by atoms with van der Waals surface area (Å²) in [5.74, 6) is 6.34. The molecule has 0 saturated heterocycles. The van der Waals surface area contributed by atoms with E-state index in [1.165, 1.54) is 0 Å². The molecule has 0 atom stereocenters. The van der Waals surface area contributed by atoms with Crippen LogP contribution in [0.1, 0.15) is 16.7 Å². The smallest absolute Gasteiger partial charge is 0.120 e. The van der Waals surface area contributed by atoms with Crippen molar-refractivity contribution < 1.29 is 9.84 Å². The van der Waals surface area contributed by atoms with E-state index < -0.39 is 0 Å². The van der Waals surface area contributed by atoms with Gasteiger partial charge in [-0.05, 0) is 48.4 Å². The van der Waals surface area contributed by atoms with E-state index in [0.29, 0.717) is 6.61 Å². The van der Waals surface area contributed by atoms with Crippen LogP contribution in [0.4, 0.5) is 0 Å². The number of halogens is 1. The molecule has 0 fully saturated rings. The Bertz CT molecular complexity index is 636. The Labute approximate surface area is 124 Å². The van der Waals surface area contributed by atoms with Crippen molar-refractivity contribution in [2.24, 2.45) is 0 Å². The van der Waals surface area contributed by atoms with Crippen LogP contribution in [0.5, 0.6) is 5.75 Å². The van der Waals surface area contributed by atoms with E-state index in [1.54, 1.807) is 0 Å². The van der Waals surface area contributed by atoms with E-state index in [1.807, 2.05) is 49.4 Å². The number of aryl methyl sites for hydroxylation is 1. The molecule has 2 aromatic rings. The van der Waals surface area contributed by atoms with E-state index in [9.17, 15) is 0 Å². The summed E-state index contributed by atoms with van der Waals surface area (Å²) in [6.07, 6.45) is 0. The van der Waals surface area contributed by atoms with E-state index in [4.69, 9.17) is 21.4 Å². The highest BCUT2D eigenvalue weighted by molar-refractivity contribution is 6.30. The van der Waals surface area contributed by atoms with E-state index >= 15 is 0 Å². The van der Waals surface area contributed by atoms with E-state index in [0.717, 1.165) is 27.5 Å². The van der Waals surface area contributed by atoms with Gasteiger partial charge in [-0.15, -0.1) is 0 Å². The molecule has 20 heavy (non-hydrogen) atoms. The lowest BCUT2D eigenvalue weighted by atomic mass is 10.1. The van der Waals surface area contributed by atoms with Gasteiger partial charge < -0.3 is 9.84 Å². The normalized spacial score (nSPS) is 9.75.